The summed E-state index contributed by atoms with van der Waals surface area (Å²) in [5.74, 6) is -0.00174. The Bertz CT molecular complexity index is 509. The second kappa shape index (κ2) is 7.14. The maximum Gasteiger partial charge on any atom is 0.407 e. The first kappa shape index (κ1) is 18.5. The summed E-state index contributed by atoms with van der Waals surface area (Å²) in [7, 11) is 0. The van der Waals surface area contributed by atoms with Crippen LogP contribution < -0.4 is 5.32 Å². The fourth-order valence-electron chi connectivity index (χ4n) is 2.90. The molecule has 0 heterocycles. The van der Waals surface area contributed by atoms with Crippen molar-refractivity contribution in [1.29, 1.82) is 0 Å². The smallest absolute Gasteiger partial charge is 0.407 e. The number of benzene rings is 1. The summed E-state index contributed by atoms with van der Waals surface area (Å²) in [6.45, 7) is 13.5. The van der Waals surface area contributed by atoms with Crippen LogP contribution in [0.2, 0.25) is 0 Å². The highest BCUT2D eigenvalue weighted by Crippen LogP contribution is 2.27. The number of aryl methyl sites for hydroxylation is 3. The molecule has 0 unspecified atom stereocenters. The van der Waals surface area contributed by atoms with Crippen molar-refractivity contribution in [3.63, 3.8) is 0 Å². The molecule has 0 aromatic heterocycles. The van der Waals surface area contributed by atoms with Crippen LogP contribution in [-0.2, 0) is 4.74 Å². The maximum atomic E-state index is 11.9. The number of carbonyl (C=O) groups excluding carboxylic acids is 1. The average molecular weight is 307 g/mol. The molecule has 1 amide bonds. The van der Waals surface area contributed by atoms with E-state index < -0.39 is 11.7 Å². The van der Waals surface area contributed by atoms with E-state index in [4.69, 9.17) is 4.74 Å². The molecule has 2 N–H and O–H groups in total. The molecule has 22 heavy (non-hydrogen) atoms. The van der Waals surface area contributed by atoms with Crippen molar-refractivity contribution in [3.05, 3.63) is 34.4 Å². The minimum atomic E-state index is -0.553. The third-order valence-corrected chi connectivity index (χ3v) is 3.70. The number of aliphatic hydroxyl groups is 1. The Labute approximate surface area is 133 Å². The molecule has 4 heteroatoms. The molecule has 1 aromatic rings. The molecule has 1 aromatic carbocycles. The zero-order chi connectivity index (χ0) is 17.1. The highest BCUT2D eigenvalue weighted by atomic mass is 16.6. The van der Waals surface area contributed by atoms with Crippen LogP contribution in [0.15, 0.2) is 12.1 Å². The highest BCUT2D eigenvalue weighted by Gasteiger charge is 2.25. The van der Waals surface area contributed by atoms with Crippen LogP contribution in [-0.4, -0.2) is 29.4 Å². The maximum absolute atomic E-state index is 11.9. The van der Waals surface area contributed by atoms with Crippen LogP contribution in [0.1, 0.15) is 55.9 Å². The SMILES string of the molecule is Cc1cc(C)c([C@H](C)[C@@H](CO)NC(=O)OC(C)(C)C)c(C)c1. The number of amides is 1. The lowest BCUT2D eigenvalue weighted by atomic mass is 9.86. The van der Waals surface area contributed by atoms with Crippen LogP contribution >= 0.6 is 0 Å². The lowest BCUT2D eigenvalue weighted by Gasteiger charge is -2.28. The van der Waals surface area contributed by atoms with E-state index in [0.29, 0.717) is 0 Å². The Morgan fingerprint density at radius 2 is 1.73 bits per heavy atom. The summed E-state index contributed by atoms with van der Waals surface area (Å²) >= 11 is 0. The Kier molecular flexibility index (Phi) is 6.00. The first-order valence-corrected chi connectivity index (χ1v) is 7.73. The Morgan fingerprint density at radius 3 is 2.14 bits per heavy atom. The number of alkyl carbamates (subject to hydrolysis) is 1. The molecule has 4 nitrogen and oxygen atoms in total. The number of hydrogen-bond donors (Lipinski definition) is 2. The fourth-order valence-corrected chi connectivity index (χ4v) is 2.90. The third-order valence-electron chi connectivity index (χ3n) is 3.70. The zero-order valence-corrected chi connectivity index (χ0v) is 14.8. The quantitative estimate of drug-likeness (QED) is 0.893. The van der Waals surface area contributed by atoms with Gasteiger partial charge in [0, 0.05) is 5.92 Å². The summed E-state index contributed by atoms with van der Waals surface area (Å²) in [4.78, 5) is 11.9. The van der Waals surface area contributed by atoms with Crippen LogP contribution in [0, 0.1) is 20.8 Å². The van der Waals surface area contributed by atoms with Crippen molar-refractivity contribution in [2.75, 3.05) is 6.61 Å². The van der Waals surface area contributed by atoms with Gasteiger partial charge in [0.2, 0.25) is 0 Å². The second-order valence-corrected chi connectivity index (χ2v) is 7.04. The largest absolute Gasteiger partial charge is 0.444 e. The average Bonchev–Trinajstić information content (AvgIpc) is 2.32. The molecule has 0 aliphatic rings. The summed E-state index contributed by atoms with van der Waals surface area (Å²) < 4.78 is 5.27. The van der Waals surface area contributed by atoms with Gasteiger partial charge in [0.15, 0.2) is 0 Å². The summed E-state index contributed by atoms with van der Waals surface area (Å²) in [5.41, 5.74) is 4.18. The molecule has 1 rings (SSSR count). The third kappa shape index (κ3) is 5.02. The van der Waals surface area contributed by atoms with Crippen molar-refractivity contribution in [2.45, 2.75) is 66.0 Å². The van der Waals surface area contributed by atoms with Crippen LogP contribution in [0.4, 0.5) is 4.79 Å². The van der Waals surface area contributed by atoms with Gasteiger partial charge in [-0.1, -0.05) is 24.6 Å². The number of rotatable bonds is 4. The molecule has 0 aliphatic carbocycles. The van der Waals surface area contributed by atoms with Gasteiger partial charge in [-0.25, -0.2) is 4.79 Å². The molecule has 2 atom stereocenters. The molecule has 0 radical (unpaired) electrons. The fraction of sp³-hybridized carbons (Fsp3) is 0.611. The first-order valence-electron chi connectivity index (χ1n) is 7.73. The van der Waals surface area contributed by atoms with Crippen molar-refractivity contribution in [1.82, 2.24) is 5.32 Å². The van der Waals surface area contributed by atoms with Gasteiger partial charge in [0.05, 0.1) is 12.6 Å². The molecular formula is C18H29NO3. The van der Waals surface area contributed by atoms with Gasteiger partial charge in [-0.2, -0.15) is 0 Å². The Morgan fingerprint density at radius 1 is 1.23 bits per heavy atom. The van der Waals surface area contributed by atoms with E-state index in [1.807, 2.05) is 27.7 Å². The Balaban J connectivity index is 2.94. The van der Waals surface area contributed by atoms with Gasteiger partial charge in [-0.3, -0.25) is 0 Å². The van der Waals surface area contributed by atoms with E-state index >= 15 is 0 Å². The number of ether oxygens (including phenoxy) is 1. The van der Waals surface area contributed by atoms with Gasteiger partial charge in [0.25, 0.3) is 0 Å². The number of aliphatic hydroxyl groups excluding tert-OH is 1. The Hall–Kier alpha value is -1.55. The highest BCUT2D eigenvalue weighted by molar-refractivity contribution is 5.68. The van der Waals surface area contributed by atoms with E-state index in [9.17, 15) is 9.90 Å². The summed E-state index contributed by atoms with van der Waals surface area (Å²) in [6, 6.07) is 3.87. The first-order chi connectivity index (χ1) is 10.0. The molecular weight excluding hydrogens is 278 g/mol. The van der Waals surface area contributed by atoms with Gasteiger partial charge >= 0.3 is 6.09 Å². The zero-order valence-electron chi connectivity index (χ0n) is 14.8. The molecule has 0 fully saturated rings. The van der Waals surface area contributed by atoms with E-state index in [-0.39, 0.29) is 18.6 Å². The monoisotopic (exact) mass is 307 g/mol. The van der Waals surface area contributed by atoms with Crippen LogP contribution in [0.25, 0.3) is 0 Å². The topological polar surface area (TPSA) is 58.6 Å². The molecule has 0 saturated heterocycles. The summed E-state index contributed by atoms with van der Waals surface area (Å²) in [5, 5.41) is 12.5. The van der Waals surface area contributed by atoms with Crippen molar-refractivity contribution >= 4 is 6.09 Å². The molecule has 0 aliphatic heterocycles. The molecule has 0 spiro atoms. The van der Waals surface area contributed by atoms with Crippen LogP contribution in [0.5, 0.6) is 0 Å². The van der Waals surface area contributed by atoms with Gasteiger partial charge in [-0.15, -0.1) is 0 Å². The lowest BCUT2D eigenvalue weighted by Crippen LogP contribution is -2.44. The van der Waals surface area contributed by atoms with Crippen LogP contribution in [0.3, 0.4) is 0 Å². The predicted molar refractivity (Wildman–Crippen MR) is 89.3 cm³/mol. The van der Waals surface area contributed by atoms with E-state index in [1.54, 1.807) is 0 Å². The van der Waals surface area contributed by atoms with E-state index in [1.165, 1.54) is 22.3 Å². The van der Waals surface area contributed by atoms with Crippen molar-refractivity contribution < 1.29 is 14.6 Å². The second-order valence-electron chi connectivity index (χ2n) is 7.04. The standard InChI is InChI=1S/C18H29NO3/c1-11-8-12(2)16(13(3)9-11)14(4)15(10-20)19-17(21)22-18(5,6)7/h8-9,14-15,20H,10H2,1-7H3,(H,19,21)/t14-,15-/m1/s1. The molecule has 0 saturated carbocycles. The van der Waals surface area contributed by atoms with Gasteiger partial charge < -0.3 is 15.2 Å². The lowest BCUT2D eigenvalue weighted by molar-refractivity contribution is 0.0473. The van der Waals surface area contributed by atoms with E-state index in [2.05, 4.69) is 38.2 Å². The normalized spacial score (nSPS) is 14.4. The minimum absolute atomic E-state index is 0.00174. The number of nitrogens with one attached hydrogen (secondary N) is 1. The molecule has 124 valence electrons. The van der Waals surface area contributed by atoms with Gasteiger partial charge in [-0.05, 0) is 58.2 Å². The predicted octanol–water partition coefficient (Wildman–Crippen LogP) is 3.60. The van der Waals surface area contributed by atoms with Crippen molar-refractivity contribution in [2.24, 2.45) is 0 Å². The number of carbonyl (C=O) groups is 1. The van der Waals surface area contributed by atoms with Gasteiger partial charge in [0.1, 0.15) is 5.60 Å². The minimum Gasteiger partial charge on any atom is -0.444 e. The molecule has 0 bridgehead atoms. The summed E-state index contributed by atoms with van der Waals surface area (Å²) in [6.07, 6.45) is -0.499. The van der Waals surface area contributed by atoms with E-state index in [0.717, 1.165) is 0 Å². The number of hydrogen-bond acceptors (Lipinski definition) is 3. The van der Waals surface area contributed by atoms with Crippen molar-refractivity contribution in [3.8, 4) is 0 Å².